The van der Waals surface area contributed by atoms with Gasteiger partial charge in [-0.05, 0) is 31.9 Å². The molecule has 0 aliphatic heterocycles. The van der Waals surface area contributed by atoms with Gasteiger partial charge in [0.1, 0.15) is 0 Å². The maximum absolute atomic E-state index is 6.09. The van der Waals surface area contributed by atoms with Crippen molar-refractivity contribution >= 4 is 11.6 Å². The predicted octanol–water partition coefficient (Wildman–Crippen LogP) is 2.61. The minimum Gasteiger partial charge on any atom is -0.351 e. The van der Waals surface area contributed by atoms with E-state index in [0.717, 1.165) is 10.6 Å². The first-order chi connectivity index (χ1) is 8.19. The van der Waals surface area contributed by atoms with Crippen LogP contribution in [0.3, 0.4) is 0 Å². The van der Waals surface area contributed by atoms with Gasteiger partial charge in [-0.1, -0.05) is 29.8 Å². The van der Waals surface area contributed by atoms with E-state index >= 15 is 0 Å². The van der Waals surface area contributed by atoms with E-state index in [0.29, 0.717) is 19.6 Å². The van der Waals surface area contributed by atoms with Crippen LogP contribution >= 0.6 is 11.6 Å². The quantitative estimate of drug-likeness (QED) is 0.764. The third-order valence-corrected chi connectivity index (χ3v) is 2.79. The molecule has 0 radical (unpaired) electrons. The minimum atomic E-state index is -0.374. The SMILES string of the molecule is CCOC(OCC)C(N)Cc1ccccc1Cl. The molecule has 0 heterocycles. The van der Waals surface area contributed by atoms with E-state index in [1.807, 2.05) is 38.1 Å². The van der Waals surface area contributed by atoms with Gasteiger partial charge in [0, 0.05) is 18.2 Å². The fourth-order valence-electron chi connectivity index (χ4n) is 1.64. The molecule has 0 spiro atoms. The first kappa shape index (κ1) is 14.5. The molecule has 1 atom stereocenters. The Bertz CT molecular complexity index is 327. The third-order valence-electron chi connectivity index (χ3n) is 2.42. The number of ether oxygens (including phenoxy) is 2. The highest BCUT2D eigenvalue weighted by Crippen LogP contribution is 2.17. The minimum absolute atomic E-state index is 0.213. The Balaban J connectivity index is 2.62. The smallest absolute Gasteiger partial charge is 0.172 e. The van der Waals surface area contributed by atoms with Gasteiger partial charge in [-0.3, -0.25) is 0 Å². The Hall–Kier alpha value is -0.610. The molecule has 96 valence electrons. The van der Waals surface area contributed by atoms with Crippen molar-refractivity contribution in [2.45, 2.75) is 32.6 Å². The van der Waals surface area contributed by atoms with Gasteiger partial charge in [0.2, 0.25) is 0 Å². The van der Waals surface area contributed by atoms with E-state index in [-0.39, 0.29) is 12.3 Å². The molecule has 0 aromatic heterocycles. The van der Waals surface area contributed by atoms with Gasteiger partial charge in [0.25, 0.3) is 0 Å². The molecule has 1 aromatic carbocycles. The lowest BCUT2D eigenvalue weighted by Crippen LogP contribution is -2.40. The molecule has 3 nitrogen and oxygen atoms in total. The summed E-state index contributed by atoms with van der Waals surface area (Å²) in [4.78, 5) is 0. The molecular weight excluding hydrogens is 238 g/mol. The summed E-state index contributed by atoms with van der Waals surface area (Å²) in [6, 6.07) is 7.47. The second-order valence-corrected chi connectivity index (χ2v) is 4.15. The summed E-state index contributed by atoms with van der Waals surface area (Å²) in [5, 5.41) is 0.731. The number of hydrogen-bond acceptors (Lipinski definition) is 3. The molecular formula is C13H20ClNO2. The van der Waals surface area contributed by atoms with Crippen molar-refractivity contribution in [3.8, 4) is 0 Å². The number of nitrogens with two attached hydrogens (primary N) is 1. The van der Waals surface area contributed by atoms with Crippen LogP contribution in [0.5, 0.6) is 0 Å². The van der Waals surface area contributed by atoms with E-state index < -0.39 is 0 Å². The summed E-state index contributed by atoms with van der Waals surface area (Å²) >= 11 is 6.09. The van der Waals surface area contributed by atoms with Gasteiger partial charge in [-0.2, -0.15) is 0 Å². The van der Waals surface area contributed by atoms with Crippen molar-refractivity contribution in [2.75, 3.05) is 13.2 Å². The van der Waals surface area contributed by atoms with E-state index in [1.165, 1.54) is 0 Å². The van der Waals surface area contributed by atoms with Crippen LogP contribution < -0.4 is 5.73 Å². The molecule has 0 saturated heterocycles. The highest BCUT2D eigenvalue weighted by Gasteiger charge is 2.19. The maximum atomic E-state index is 6.09. The van der Waals surface area contributed by atoms with Crippen molar-refractivity contribution in [1.82, 2.24) is 0 Å². The molecule has 0 bridgehead atoms. The van der Waals surface area contributed by atoms with Crippen LogP contribution in [0.1, 0.15) is 19.4 Å². The molecule has 17 heavy (non-hydrogen) atoms. The highest BCUT2D eigenvalue weighted by atomic mass is 35.5. The molecule has 1 unspecified atom stereocenters. The average Bonchev–Trinajstić information content (AvgIpc) is 2.32. The Morgan fingerprint density at radius 1 is 1.18 bits per heavy atom. The fourth-order valence-corrected chi connectivity index (χ4v) is 1.85. The van der Waals surface area contributed by atoms with E-state index in [2.05, 4.69) is 0 Å². The van der Waals surface area contributed by atoms with E-state index in [9.17, 15) is 0 Å². The summed E-state index contributed by atoms with van der Waals surface area (Å²) in [6.07, 6.45) is 0.269. The maximum Gasteiger partial charge on any atom is 0.172 e. The van der Waals surface area contributed by atoms with Gasteiger partial charge < -0.3 is 15.2 Å². The van der Waals surface area contributed by atoms with Gasteiger partial charge in [-0.15, -0.1) is 0 Å². The van der Waals surface area contributed by atoms with Gasteiger partial charge in [0.05, 0.1) is 6.04 Å². The van der Waals surface area contributed by atoms with Crippen LogP contribution in [0.15, 0.2) is 24.3 Å². The summed E-state index contributed by atoms with van der Waals surface area (Å²) < 4.78 is 10.9. The van der Waals surface area contributed by atoms with Gasteiger partial charge >= 0.3 is 0 Å². The molecule has 0 saturated carbocycles. The molecule has 2 N–H and O–H groups in total. The van der Waals surface area contributed by atoms with Crippen molar-refractivity contribution in [1.29, 1.82) is 0 Å². The molecule has 0 aliphatic carbocycles. The lowest BCUT2D eigenvalue weighted by Gasteiger charge is -2.23. The first-order valence-corrected chi connectivity index (χ1v) is 6.29. The van der Waals surface area contributed by atoms with Crippen molar-refractivity contribution in [3.05, 3.63) is 34.9 Å². The average molecular weight is 258 g/mol. The highest BCUT2D eigenvalue weighted by molar-refractivity contribution is 6.31. The van der Waals surface area contributed by atoms with Crippen LogP contribution in [0, 0.1) is 0 Å². The summed E-state index contributed by atoms with van der Waals surface area (Å²) in [7, 11) is 0. The topological polar surface area (TPSA) is 44.5 Å². The monoisotopic (exact) mass is 257 g/mol. The second kappa shape index (κ2) is 7.67. The third kappa shape index (κ3) is 4.64. The first-order valence-electron chi connectivity index (χ1n) is 5.91. The normalized spacial score (nSPS) is 13.0. The Morgan fingerprint density at radius 2 is 1.76 bits per heavy atom. The summed E-state index contributed by atoms with van der Waals surface area (Å²) in [5.74, 6) is 0. The van der Waals surface area contributed by atoms with Crippen LogP contribution in [-0.4, -0.2) is 25.5 Å². The zero-order chi connectivity index (χ0) is 12.7. The molecule has 0 fully saturated rings. The number of hydrogen-bond donors (Lipinski definition) is 1. The second-order valence-electron chi connectivity index (χ2n) is 3.74. The number of halogens is 1. The lowest BCUT2D eigenvalue weighted by atomic mass is 10.1. The Morgan fingerprint density at radius 3 is 2.29 bits per heavy atom. The Kier molecular flexibility index (Phi) is 6.52. The van der Waals surface area contributed by atoms with E-state index in [1.54, 1.807) is 0 Å². The molecule has 1 rings (SSSR count). The lowest BCUT2D eigenvalue weighted by molar-refractivity contribution is -0.148. The Labute approximate surface area is 108 Å². The van der Waals surface area contributed by atoms with Gasteiger partial charge in [0.15, 0.2) is 6.29 Å². The summed E-state index contributed by atoms with van der Waals surface area (Å²) in [6.45, 7) is 5.02. The number of rotatable bonds is 7. The number of benzene rings is 1. The van der Waals surface area contributed by atoms with Gasteiger partial charge in [-0.25, -0.2) is 0 Å². The molecule has 0 aliphatic rings. The van der Waals surface area contributed by atoms with Crippen LogP contribution in [0.4, 0.5) is 0 Å². The van der Waals surface area contributed by atoms with Crippen molar-refractivity contribution in [2.24, 2.45) is 5.73 Å². The standard InChI is InChI=1S/C13H20ClNO2/c1-3-16-13(17-4-2)12(15)9-10-7-5-6-8-11(10)14/h5-8,12-13H,3-4,9,15H2,1-2H3. The summed E-state index contributed by atoms with van der Waals surface area (Å²) in [5.41, 5.74) is 7.10. The molecule has 4 heteroatoms. The van der Waals surface area contributed by atoms with Crippen molar-refractivity contribution in [3.63, 3.8) is 0 Å². The zero-order valence-corrected chi connectivity index (χ0v) is 11.1. The van der Waals surface area contributed by atoms with Crippen molar-refractivity contribution < 1.29 is 9.47 Å². The van der Waals surface area contributed by atoms with Crippen LogP contribution in [0.25, 0.3) is 0 Å². The predicted molar refractivity (Wildman–Crippen MR) is 70.2 cm³/mol. The largest absolute Gasteiger partial charge is 0.351 e. The zero-order valence-electron chi connectivity index (χ0n) is 10.4. The molecule has 0 amide bonds. The van der Waals surface area contributed by atoms with Crippen LogP contribution in [-0.2, 0) is 15.9 Å². The van der Waals surface area contributed by atoms with E-state index in [4.69, 9.17) is 26.8 Å². The molecule has 1 aromatic rings. The fraction of sp³-hybridized carbons (Fsp3) is 0.538. The van der Waals surface area contributed by atoms with Crippen LogP contribution in [0.2, 0.25) is 5.02 Å².